The van der Waals surface area contributed by atoms with Gasteiger partial charge in [-0.25, -0.2) is 9.67 Å². The lowest BCUT2D eigenvalue weighted by atomic mass is 10.1. The molecule has 1 unspecified atom stereocenters. The Hall–Kier alpha value is -2.90. The lowest BCUT2D eigenvalue weighted by Gasteiger charge is -2.25. The molecular weight excluding hydrogens is 378 g/mol. The monoisotopic (exact) mass is 411 g/mol. The maximum atomic E-state index is 11.8. The number of amides is 1. The summed E-state index contributed by atoms with van der Waals surface area (Å²) in [6.07, 6.45) is 2.70. The zero-order chi connectivity index (χ0) is 21.5. The summed E-state index contributed by atoms with van der Waals surface area (Å²) < 4.78 is 2.03. The summed E-state index contributed by atoms with van der Waals surface area (Å²) in [5, 5.41) is 14.2. The van der Waals surface area contributed by atoms with E-state index in [1.165, 1.54) is 0 Å². The number of guanidine groups is 1. The Labute approximate surface area is 178 Å². The first kappa shape index (κ1) is 21.8. The van der Waals surface area contributed by atoms with Gasteiger partial charge in [0.05, 0.1) is 6.54 Å². The number of rotatable bonds is 7. The first-order valence-electron chi connectivity index (χ1n) is 10.8. The average molecular weight is 412 g/mol. The standard InChI is InChI=1S/C22H33N7O/c1-5-24-22(25-12-11-16-7-6-8-17(13-16)21(30)23-4)26-18-9-10-19-27-20(15(2)3)28-29(19)14-18/h6-8,13,15,18H,5,9-12,14H2,1-4H3,(H,23,30)(H2,24,25,26). The van der Waals surface area contributed by atoms with Gasteiger partial charge in [-0.3, -0.25) is 9.79 Å². The van der Waals surface area contributed by atoms with E-state index in [2.05, 4.69) is 46.8 Å². The van der Waals surface area contributed by atoms with Gasteiger partial charge in [-0.2, -0.15) is 5.10 Å². The fourth-order valence-electron chi connectivity index (χ4n) is 3.51. The van der Waals surface area contributed by atoms with Crippen LogP contribution in [0.1, 0.15) is 60.7 Å². The summed E-state index contributed by atoms with van der Waals surface area (Å²) in [5.74, 6) is 3.09. The van der Waals surface area contributed by atoms with E-state index in [0.29, 0.717) is 18.0 Å². The molecule has 0 bridgehead atoms. The van der Waals surface area contributed by atoms with Gasteiger partial charge in [0.1, 0.15) is 5.82 Å². The predicted octanol–water partition coefficient (Wildman–Crippen LogP) is 1.87. The highest BCUT2D eigenvalue weighted by molar-refractivity contribution is 5.94. The zero-order valence-corrected chi connectivity index (χ0v) is 18.4. The van der Waals surface area contributed by atoms with Crippen LogP contribution in [0.3, 0.4) is 0 Å². The summed E-state index contributed by atoms with van der Waals surface area (Å²) >= 11 is 0. The first-order chi connectivity index (χ1) is 14.5. The van der Waals surface area contributed by atoms with Crippen molar-refractivity contribution in [3.8, 4) is 0 Å². The molecule has 1 aliphatic heterocycles. The predicted molar refractivity (Wildman–Crippen MR) is 119 cm³/mol. The molecule has 8 nitrogen and oxygen atoms in total. The van der Waals surface area contributed by atoms with E-state index in [1.807, 2.05) is 28.9 Å². The van der Waals surface area contributed by atoms with Gasteiger partial charge in [0.25, 0.3) is 5.91 Å². The van der Waals surface area contributed by atoms with Crippen molar-refractivity contribution in [1.82, 2.24) is 30.7 Å². The van der Waals surface area contributed by atoms with Crippen LogP contribution in [0.15, 0.2) is 29.3 Å². The maximum Gasteiger partial charge on any atom is 0.251 e. The first-order valence-corrected chi connectivity index (χ1v) is 10.8. The van der Waals surface area contributed by atoms with E-state index < -0.39 is 0 Å². The number of nitrogens with zero attached hydrogens (tertiary/aromatic N) is 4. The third kappa shape index (κ3) is 5.58. The Bertz CT molecular complexity index is 887. The van der Waals surface area contributed by atoms with Crippen molar-refractivity contribution in [3.63, 3.8) is 0 Å². The Morgan fingerprint density at radius 3 is 2.93 bits per heavy atom. The minimum Gasteiger partial charge on any atom is -0.357 e. The number of carbonyl (C=O) groups is 1. The van der Waals surface area contributed by atoms with Crippen LogP contribution >= 0.6 is 0 Å². The maximum absolute atomic E-state index is 11.8. The average Bonchev–Trinajstić information content (AvgIpc) is 3.17. The lowest BCUT2D eigenvalue weighted by Crippen LogP contribution is -2.47. The molecule has 0 radical (unpaired) electrons. The molecule has 0 aliphatic carbocycles. The summed E-state index contributed by atoms with van der Waals surface area (Å²) in [5.41, 5.74) is 1.78. The number of nitrogens with one attached hydrogen (secondary N) is 3. The fourth-order valence-corrected chi connectivity index (χ4v) is 3.51. The van der Waals surface area contributed by atoms with Gasteiger partial charge in [-0.05, 0) is 37.5 Å². The van der Waals surface area contributed by atoms with Gasteiger partial charge < -0.3 is 16.0 Å². The topological polar surface area (TPSA) is 96.2 Å². The molecule has 1 aromatic carbocycles. The van der Waals surface area contributed by atoms with Crippen LogP contribution in [-0.2, 0) is 19.4 Å². The molecule has 1 aromatic heterocycles. The molecule has 162 valence electrons. The highest BCUT2D eigenvalue weighted by Gasteiger charge is 2.23. The second-order valence-electron chi connectivity index (χ2n) is 7.89. The third-order valence-electron chi connectivity index (χ3n) is 5.16. The number of carbonyl (C=O) groups excluding carboxylic acids is 1. The van der Waals surface area contributed by atoms with E-state index >= 15 is 0 Å². The summed E-state index contributed by atoms with van der Waals surface area (Å²) in [6, 6.07) is 7.96. The van der Waals surface area contributed by atoms with Crippen LogP contribution in [0.25, 0.3) is 0 Å². The van der Waals surface area contributed by atoms with Gasteiger partial charge in [-0.15, -0.1) is 0 Å². The van der Waals surface area contributed by atoms with Crippen molar-refractivity contribution in [2.45, 2.75) is 58.5 Å². The van der Waals surface area contributed by atoms with Crippen molar-refractivity contribution in [2.75, 3.05) is 20.1 Å². The molecular formula is C22H33N7O. The van der Waals surface area contributed by atoms with E-state index in [9.17, 15) is 4.79 Å². The Kier molecular flexibility index (Phi) is 7.43. The Morgan fingerprint density at radius 1 is 1.37 bits per heavy atom. The van der Waals surface area contributed by atoms with Crippen LogP contribution in [0.5, 0.6) is 0 Å². The molecule has 3 rings (SSSR count). The number of fused-ring (bicyclic) bond motifs is 1. The number of aromatic nitrogens is 3. The molecule has 3 N–H and O–H groups in total. The van der Waals surface area contributed by atoms with Crippen molar-refractivity contribution < 1.29 is 4.79 Å². The van der Waals surface area contributed by atoms with Crippen molar-refractivity contribution in [2.24, 2.45) is 4.99 Å². The fraction of sp³-hybridized carbons (Fsp3) is 0.545. The molecule has 8 heteroatoms. The second-order valence-corrected chi connectivity index (χ2v) is 7.89. The van der Waals surface area contributed by atoms with Crippen LogP contribution in [0.4, 0.5) is 0 Å². The molecule has 2 aromatic rings. The van der Waals surface area contributed by atoms with Crippen LogP contribution < -0.4 is 16.0 Å². The molecule has 1 amide bonds. The highest BCUT2D eigenvalue weighted by Crippen LogP contribution is 2.17. The second kappa shape index (κ2) is 10.2. The Morgan fingerprint density at radius 2 is 2.20 bits per heavy atom. The van der Waals surface area contributed by atoms with Gasteiger partial charge in [0.15, 0.2) is 11.8 Å². The molecule has 1 atom stereocenters. The molecule has 0 fully saturated rings. The third-order valence-corrected chi connectivity index (χ3v) is 5.16. The number of hydrogen-bond acceptors (Lipinski definition) is 4. The van der Waals surface area contributed by atoms with Gasteiger partial charge in [0.2, 0.25) is 0 Å². The summed E-state index contributed by atoms with van der Waals surface area (Å²) in [6.45, 7) is 8.56. The highest BCUT2D eigenvalue weighted by atomic mass is 16.1. The van der Waals surface area contributed by atoms with Crippen molar-refractivity contribution in [3.05, 3.63) is 47.0 Å². The minimum atomic E-state index is -0.0687. The molecule has 0 saturated heterocycles. The van der Waals surface area contributed by atoms with Crippen LogP contribution in [0, 0.1) is 0 Å². The quantitative estimate of drug-likeness (QED) is 0.477. The summed E-state index contributed by atoms with van der Waals surface area (Å²) in [4.78, 5) is 21.2. The zero-order valence-electron chi connectivity index (χ0n) is 18.4. The van der Waals surface area contributed by atoms with Crippen LogP contribution in [-0.4, -0.2) is 52.8 Å². The largest absolute Gasteiger partial charge is 0.357 e. The molecule has 30 heavy (non-hydrogen) atoms. The van der Waals surface area contributed by atoms with E-state index in [-0.39, 0.29) is 11.9 Å². The number of hydrogen-bond donors (Lipinski definition) is 3. The minimum absolute atomic E-state index is 0.0687. The SMILES string of the molecule is CCNC(=NCCc1cccc(C(=O)NC)c1)NC1CCc2nc(C(C)C)nn2C1. The van der Waals surface area contributed by atoms with Crippen molar-refractivity contribution >= 4 is 11.9 Å². The molecule has 0 saturated carbocycles. The number of benzene rings is 1. The lowest BCUT2D eigenvalue weighted by molar-refractivity contribution is 0.0963. The molecule has 0 spiro atoms. The van der Waals surface area contributed by atoms with Gasteiger partial charge in [0, 0.05) is 44.1 Å². The smallest absolute Gasteiger partial charge is 0.251 e. The molecule has 1 aliphatic rings. The van der Waals surface area contributed by atoms with Gasteiger partial charge in [-0.1, -0.05) is 26.0 Å². The van der Waals surface area contributed by atoms with Gasteiger partial charge >= 0.3 is 0 Å². The van der Waals surface area contributed by atoms with E-state index in [0.717, 1.165) is 55.5 Å². The number of aryl methyl sites for hydroxylation is 1. The van der Waals surface area contributed by atoms with Crippen LogP contribution in [0.2, 0.25) is 0 Å². The van der Waals surface area contributed by atoms with E-state index in [4.69, 9.17) is 4.99 Å². The van der Waals surface area contributed by atoms with E-state index in [1.54, 1.807) is 7.05 Å². The number of aliphatic imine (C=N–C) groups is 1. The normalized spacial score (nSPS) is 16.3. The summed E-state index contributed by atoms with van der Waals surface area (Å²) in [7, 11) is 1.64. The van der Waals surface area contributed by atoms with Crippen molar-refractivity contribution in [1.29, 1.82) is 0 Å². The Balaban J connectivity index is 1.59. The molecule has 2 heterocycles.